The smallest absolute Gasteiger partial charge is 0.341 e. The lowest BCUT2D eigenvalue weighted by Gasteiger charge is -2.33. The number of carboxylic acids is 1. The first-order chi connectivity index (χ1) is 20.7. The number of halogens is 2. The van der Waals surface area contributed by atoms with E-state index in [1.807, 2.05) is 7.05 Å². The lowest BCUT2D eigenvalue weighted by molar-refractivity contribution is -0.0362. The first-order valence-electron chi connectivity index (χ1n) is 14.0. The van der Waals surface area contributed by atoms with E-state index in [2.05, 4.69) is 25.5 Å². The summed E-state index contributed by atoms with van der Waals surface area (Å²) in [6.45, 7) is 2.47. The Balaban J connectivity index is 1.50. The lowest BCUT2D eigenvalue weighted by Crippen LogP contribution is -2.48. The van der Waals surface area contributed by atoms with Gasteiger partial charge in [0.05, 0.1) is 35.5 Å². The highest BCUT2D eigenvalue weighted by atomic mass is 19.2. The predicted octanol–water partition coefficient (Wildman–Crippen LogP) is 2.74. The topological polar surface area (TPSA) is 125 Å². The minimum Gasteiger partial charge on any atom is -0.477 e. The van der Waals surface area contributed by atoms with Crippen molar-refractivity contribution in [2.75, 3.05) is 63.0 Å². The number of rotatable bonds is 5. The van der Waals surface area contributed by atoms with E-state index in [4.69, 9.17) is 9.72 Å². The highest BCUT2D eigenvalue weighted by Gasteiger charge is 2.42. The Bertz CT molecular complexity index is 1900. The van der Waals surface area contributed by atoms with Crippen LogP contribution in [0.4, 0.5) is 20.2 Å². The van der Waals surface area contributed by atoms with E-state index in [-0.39, 0.29) is 28.7 Å². The summed E-state index contributed by atoms with van der Waals surface area (Å²) >= 11 is 0. The van der Waals surface area contributed by atoms with Gasteiger partial charge in [-0.05, 0) is 18.7 Å². The number of likely N-dealkylation sites (N-methyl/N-ethyl adjacent to an activating group) is 1. The number of aromatic nitrogens is 3. The summed E-state index contributed by atoms with van der Waals surface area (Å²) in [5, 5.41) is 12.7. The number of carbonyl (C=O) groups is 1. The molecule has 11 nitrogen and oxygen atoms in total. The number of fused-ring (bicyclic) bond motifs is 5. The SMILES string of the molecule is CNc1cc(F)c(F)c2c1Cc1ncc(-c3cnc4c(c3)c(=O)c(C(=O)O)cn4NC)c(N3CC4[C@@H](C3)OCCN4C)c1-2. The van der Waals surface area contributed by atoms with E-state index < -0.39 is 28.6 Å². The molecule has 43 heavy (non-hydrogen) atoms. The summed E-state index contributed by atoms with van der Waals surface area (Å²) in [6.07, 6.45) is 4.66. The maximum Gasteiger partial charge on any atom is 0.341 e. The summed E-state index contributed by atoms with van der Waals surface area (Å²) in [5.74, 6) is -3.27. The fourth-order valence-corrected chi connectivity index (χ4v) is 6.70. The molecule has 0 amide bonds. The second-order valence-corrected chi connectivity index (χ2v) is 11.1. The Morgan fingerprint density at radius 1 is 1.14 bits per heavy atom. The van der Waals surface area contributed by atoms with Gasteiger partial charge in [0.2, 0.25) is 5.43 Å². The number of carboxylic acid groups (broad SMARTS) is 1. The van der Waals surface area contributed by atoms with Gasteiger partial charge in [-0.25, -0.2) is 23.2 Å². The second-order valence-electron chi connectivity index (χ2n) is 11.1. The molecule has 2 aliphatic heterocycles. The minimum absolute atomic E-state index is 0.0859. The number of aromatic carboxylic acids is 1. The molecular formula is C30H29F2N7O4. The van der Waals surface area contributed by atoms with Gasteiger partial charge in [-0.3, -0.25) is 14.7 Å². The van der Waals surface area contributed by atoms with Gasteiger partial charge in [-0.2, -0.15) is 0 Å². The number of anilines is 2. The summed E-state index contributed by atoms with van der Waals surface area (Å²) in [4.78, 5) is 38.7. The van der Waals surface area contributed by atoms with Crippen molar-refractivity contribution < 1.29 is 23.4 Å². The molecule has 0 spiro atoms. The zero-order valence-electron chi connectivity index (χ0n) is 23.7. The van der Waals surface area contributed by atoms with Gasteiger partial charge in [-0.15, -0.1) is 0 Å². The monoisotopic (exact) mass is 589 g/mol. The fourth-order valence-electron chi connectivity index (χ4n) is 6.70. The minimum atomic E-state index is -1.36. The van der Waals surface area contributed by atoms with Crippen LogP contribution in [-0.2, 0) is 11.2 Å². The van der Waals surface area contributed by atoms with Crippen LogP contribution in [-0.4, -0.2) is 90.1 Å². The molecule has 1 aromatic carbocycles. The van der Waals surface area contributed by atoms with Crippen LogP contribution >= 0.6 is 0 Å². The molecule has 2 fully saturated rings. The largest absolute Gasteiger partial charge is 0.477 e. The predicted molar refractivity (Wildman–Crippen MR) is 158 cm³/mol. The van der Waals surface area contributed by atoms with Crippen molar-refractivity contribution in [3.63, 3.8) is 0 Å². The first-order valence-corrected chi connectivity index (χ1v) is 14.0. The second kappa shape index (κ2) is 9.99. The van der Waals surface area contributed by atoms with Crippen LogP contribution in [0.15, 0.2) is 35.5 Å². The number of benzene rings is 1. The Morgan fingerprint density at radius 2 is 1.95 bits per heavy atom. The zero-order chi connectivity index (χ0) is 30.2. The molecule has 1 aliphatic carbocycles. The maximum absolute atomic E-state index is 15.7. The molecule has 13 heteroatoms. The van der Waals surface area contributed by atoms with E-state index >= 15 is 4.39 Å². The highest BCUT2D eigenvalue weighted by Crippen LogP contribution is 2.50. The van der Waals surface area contributed by atoms with Gasteiger partial charge in [0.15, 0.2) is 17.3 Å². The quantitative estimate of drug-likeness (QED) is 0.282. The van der Waals surface area contributed by atoms with Crippen LogP contribution in [0.2, 0.25) is 0 Å². The lowest BCUT2D eigenvalue weighted by atomic mass is 9.97. The zero-order valence-corrected chi connectivity index (χ0v) is 23.7. The van der Waals surface area contributed by atoms with Crippen molar-refractivity contribution in [2.24, 2.45) is 0 Å². The Morgan fingerprint density at radius 3 is 2.67 bits per heavy atom. The van der Waals surface area contributed by atoms with Gasteiger partial charge >= 0.3 is 5.97 Å². The van der Waals surface area contributed by atoms with E-state index in [1.54, 1.807) is 32.6 Å². The summed E-state index contributed by atoms with van der Waals surface area (Å²) in [7, 11) is 5.30. The fraction of sp³-hybridized carbons (Fsp3) is 0.333. The van der Waals surface area contributed by atoms with Crippen LogP contribution in [0.3, 0.4) is 0 Å². The molecule has 3 aromatic heterocycles. The summed E-state index contributed by atoms with van der Waals surface area (Å²) in [6, 6.07) is 2.83. The van der Waals surface area contributed by atoms with Gasteiger partial charge in [-0.1, -0.05) is 0 Å². The number of pyridine rings is 3. The van der Waals surface area contributed by atoms with Gasteiger partial charge < -0.3 is 25.5 Å². The molecule has 0 radical (unpaired) electrons. The Hall–Kier alpha value is -4.62. The standard InChI is InChI=1S/C30H29F2N7O4/c1-33-20-8-19(31)26(32)24-15(20)7-21-25(24)27(38-12-22-23(13-38)43-5-4-37(22)3)17(10-35-21)14-6-16-28(40)18(30(41)42)11-39(34-2)29(16)36-9-14/h6,8-11,22-23,33-34H,4-5,7,12-13H2,1-3H3,(H,41,42)/t22?,23-/m1/s1. The number of ether oxygens (including phenoxy) is 1. The molecule has 5 heterocycles. The van der Waals surface area contributed by atoms with E-state index in [0.29, 0.717) is 65.4 Å². The van der Waals surface area contributed by atoms with Crippen molar-refractivity contribution in [2.45, 2.75) is 18.6 Å². The molecule has 2 atom stereocenters. The van der Waals surface area contributed by atoms with Gasteiger partial charge in [0.1, 0.15) is 5.56 Å². The van der Waals surface area contributed by atoms with Gasteiger partial charge in [0.25, 0.3) is 0 Å². The number of nitrogens with one attached hydrogen (secondary N) is 2. The summed E-state index contributed by atoms with van der Waals surface area (Å²) in [5.41, 5.74) is 6.05. The maximum atomic E-state index is 15.7. The van der Waals surface area contributed by atoms with E-state index in [0.717, 1.165) is 12.6 Å². The van der Waals surface area contributed by atoms with Crippen molar-refractivity contribution in [1.29, 1.82) is 0 Å². The van der Waals surface area contributed by atoms with Crippen LogP contribution in [0.5, 0.6) is 0 Å². The number of morpholine rings is 1. The van der Waals surface area contributed by atoms with Crippen molar-refractivity contribution in [1.82, 2.24) is 19.5 Å². The molecule has 4 aromatic rings. The molecule has 0 bridgehead atoms. The normalized spacial score (nSPS) is 19.3. The Labute approximate surface area is 244 Å². The third-order valence-corrected chi connectivity index (χ3v) is 8.84. The third kappa shape index (κ3) is 4.06. The third-order valence-electron chi connectivity index (χ3n) is 8.84. The molecule has 3 aliphatic rings. The van der Waals surface area contributed by atoms with Crippen LogP contribution in [0.25, 0.3) is 33.3 Å². The van der Waals surface area contributed by atoms with Crippen LogP contribution in [0, 0.1) is 11.6 Å². The molecule has 222 valence electrons. The van der Waals surface area contributed by atoms with E-state index in [9.17, 15) is 19.1 Å². The molecule has 1 unspecified atom stereocenters. The summed E-state index contributed by atoms with van der Waals surface area (Å²) < 4.78 is 38.2. The van der Waals surface area contributed by atoms with Gasteiger partial charge in [0, 0.05) is 92.7 Å². The number of nitrogens with zero attached hydrogens (tertiary/aromatic N) is 5. The van der Waals surface area contributed by atoms with Crippen molar-refractivity contribution in [3.8, 4) is 22.3 Å². The van der Waals surface area contributed by atoms with Crippen LogP contribution < -0.4 is 21.1 Å². The highest BCUT2D eigenvalue weighted by molar-refractivity contribution is 5.98. The Kier molecular flexibility index (Phi) is 6.32. The first kappa shape index (κ1) is 27.2. The van der Waals surface area contributed by atoms with E-state index in [1.165, 1.54) is 10.9 Å². The molecule has 3 N–H and O–H groups in total. The average molecular weight is 590 g/mol. The molecule has 0 saturated carbocycles. The van der Waals surface area contributed by atoms with Crippen molar-refractivity contribution >= 4 is 28.4 Å². The molecule has 7 rings (SSSR count). The average Bonchev–Trinajstić information content (AvgIpc) is 3.61. The molecule has 2 saturated heterocycles. The number of hydrogen-bond acceptors (Lipinski definition) is 9. The number of hydrogen-bond donors (Lipinski definition) is 3. The van der Waals surface area contributed by atoms with Crippen LogP contribution in [0.1, 0.15) is 21.6 Å². The molecular weight excluding hydrogens is 560 g/mol. The van der Waals surface area contributed by atoms with Crippen molar-refractivity contribution in [3.05, 3.63) is 69.4 Å².